The van der Waals surface area contributed by atoms with Gasteiger partial charge in [-0.1, -0.05) is 66.4 Å². The van der Waals surface area contributed by atoms with Crippen LogP contribution < -0.4 is 0 Å². The van der Waals surface area contributed by atoms with Crippen LogP contribution in [0.1, 0.15) is 36.3 Å². The van der Waals surface area contributed by atoms with Crippen LogP contribution in [0.25, 0.3) is 0 Å². The van der Waals surface area contributed by atoms with E-state index in [1.54, 1.807) is 0 Å². The zero-order valence-corrected chi connectivity index (χ0v) is 11.5. The van der Waals surface area contributed by atoms with E-state index in [-0.39, 0.29) is 0 Å². The summed E-state index contributed by atoms with van der Waals surface area (Å²) in [5.41, 5.74) is 3.76. The first-order valence-corrected chi connectivity index (χ1v) is 7.25. The number of hydrogen-bond acceptors (Lipinski definition) is 0. The van der Waals surface area contributed by atoms with Gasteiger partial charge < -0.3 is 0 Å². The van der Waals surface area contributed by atoms with Crippen LogP contribution in [0.3, 0.4) is 0 Å². The lowest BCUT2D eigenvalue weighted by molar-refractivity contribution is 0.637. The molecule has 1 aliphatic carbocycles. The van der Waals surface area contributed by atoms with Crippen LogP contribution in [-0.4, -0.2) is 0 Å². The maximum absolute atomic E-state index is 3.40. The average molecular weight is 258 g/mol. The van der Waals surface area contributed by atoms with Crippen LogP contribution in [0.5, 0.6) is 0 Å². The summed E-state index contributed by atoms with van der Waals surface area (Å²) in [6, 6.07) is 21.0. The van der Waals surface area contributed by atoms with E-state index in [0.29, 0.717) is 5.92 Å². The van der Waals surface area contributed by atoms with Crippen molar-refractivity contribution in [3.8, 4) is 11.8 Å². The van der Waals surface area contributed by atoms with E-state index in [1.807, 2.05) is 18.2 Å². The van der Waals surface area contributed by atoms with E-state index in [1.165, 1.54) is 24.0 Å². The quantitative estimate of drug-likeness (QED) is 0.636. The zero-order valence-electron chi connectivity index (χ0n) is 11.5. The molecule has 0 heteroatoms. The molecule has 0 fully saturated rings. The van der Waals surface area contributed by atoms with Crippen molar-refractivity contribution in [2.75, 3.05) is 0 Å². The molecule has 1 aliphatic rings. The van der Waals surface area contributed by atoms with Gasteiger partial charge in [0.15, 0.2) is 0 Å². The van der Waals surface area contributed by atoms with Gasteiger partial charge in [0.05, 0.1) is 0 Å². The number of allylic oxidation sites excluding steroid dienone is 2. The van der Waals surface area contributed by atoms with E-state index in [0.717, 1.165) is 12.0 Å². The predicted octanol–water partition coefficient (Wildman–Crippen LogP) is 4.93. The van der Waals surface area contributed by atoms with Gasteiger partial charge in [0.1, 0.15) is 0 Å². The van der Waals surface area contributed by atoms with Crippen molar-refractivity contribution in [3.63, 3.8) is 0 Å². The zero-order chi connectivity index (χ0) is 13.6. The highest BCUT2D eigenvalue weighted by molar-refractivity contribution is 5.46. The Balaban J connectivity index is 1.87. The van der Waals surface area contributed by atoms with E-state index in [2.05, 4.69) is 60.4 Å². The minimum Gasteiger partial charge on any atom is -0.0723 e. The van der Waals surface area contributed by atoms with E-state index in [4.69, 9.17) is 0 Å². The average Bonchev–Trinajstić information content (AvgIpc) is 2.55. The molecule has 0 saturated heterocycles. The molecule has 0 nitrogen and oxygen atoms in total. The van der Waals surface area contributed by atoms with E-state index in [9.17, 15) is 0 Å². The minimum atomic E-state index is 0.473. The van der Waals surface area contributed by atoms with Crippen molar-refractivity contribution in [2.45, 2.75) is 25.2 Å². The molecule has 0 aliphatic heterocycles. The summed E-state index contributed by atoms with van der Waals surface area (Å²) >= 11 is 0. The van der Waals surface area contributed by atoms with Crippen LogP contribution in [0.15, 0.2) is 72.3 Å². The summed E-state index contributed by atoms with van der Waals surface area (Å²) in [5, 5.41) is 0. The van der Waals surface area contributed by atoms with Gasteiger partial charge >= 0.3 is 0 Å². The van der Waals surface area contributed by atoms with Gasteiger partial charge in [-0.2, -0.15) is 0 Å². The summed E-state index contributed by atoms with van der Waals surface area (Å²) in [4.78, 5) is 0. The Kier molecular flexibility index (Phi) is 3.99. The maximum atomic E-state index is 3.40. The summed E-state index contributed by atoms with van der Waals surface area (Å²) < 4.78 is 0. The first kappa shape index (κ1) is 12.8. The van der Waals surface area contributed by atoms with Crippen LogP contribution >= 0.6 is 0 Å². The lowest BCUT2D eigenvalue weighted by Gasteiger charge is -2.21. The Morgan fingerprint density at radius 2 is 1.50 bits per heavy atom. The monoisotopic (exact) mass is 258 g/mol. The summed E-state index contributed by atoms with van der Waals surface area (Å²) in [6.07, 6.45) is 5.94. The van der Waals surface area contributed by atoms with Crippen molar-refractivity contribution < 1.29 is 0 Å². The van der Waals surface area contributed by atoms with Crippen molar-refractivity contribution >= 4 is 0 Å². The Morgan fingerprint density at radius 1 is 0.800 bits per heavy atom. The fourth-order valence-corrected chi connectivity index (χ4v) is 2.71. The summed E-state index contributed by atoms with van der Waals surface area (Å²) in [7, 11) is 0. The van der Waals surface area contributed by atoms with Gasteiger partial charge in [-0.3, -0.25) is 0 Å². The van der Waals surface area contributed by atoms with Crippen LogP contribution in [-0.2, 0) is 0 Å². The molecule has 0 amide bonds. The highest BCUT2D eigenvalue weighted by Gasteiger charge is 2.17. The van der Waals surface area contributed by atoms with Crippen LogP contribution in [0.2, 0.25) is 0 Å². The van der Waals surface area contributed by atoms with Crippen LogP contribution in [0, 0.1) is 11.8 Å². The smallest absolute Gasteiger partial charge is 0.0248 e. The largest absolute Gasteiger partial charge is 0.0723 e. The predicted molar refractivity (Wildman–Crippen MR) is 84.4 cm³/mol. The summed E-state index contributed by atoms with van der Waals surface area (Å²) in [5.74, 6) is 7.17. The molecule has 1 atom stereocenters. The van der Waals surface area contributed by atoms with Gasteiger partial charge in [-0.05, 0) is 37.0 Å². The van der Waals surface area contributed by atoms with Gasteiger partial charge in [0.2, 0.25) is 0 Å². The number of benzene rings is 2. The molecule has 0 bridgehead atoms. The topological polar surface area (TPSA) is 0 Å². The normalized spacial score (nSPS) is 17.8. The molecule has 0 N–H and O–H groups in total. The molecule has 0 heterocycles. The Bertz CT molecular complexity index is 639. The van der Waals surface area contributed by atoms with Gasteiger partial charge in [0.25, 0.3) is 0 Å². The molecule has 3 rings (SSSR count). The molecule has 0 radical (unpaired) electrons. The molecular formula is C20H18. The van der Waals surface area contributed by atoms with Crippen LogP contribution in [0.4, 0.5) is 0 Å². The molecular weight excluding hydrogens is 240 g/mol. The standard InChI is InChI=1S/C20H18/c1-3-9-17(10-4-1)15-16-19-13-7-8-14-20(19)18-11-5-2-6-12-18/h1-6,9-13,20H,7-8,14H2. The SMILES string of the molecule is C(#Cc1ccccc1)C1=CCCCC1c1ccccc1. The van der Waals surface area contributed by atoms with Gasteiger partial charge in [0, 0.05) is 17.1 Å². The lowest BCUT2D eigenvalue weighted by Crippen LogP contribution is -2.05. The fraction of sp³-hybridized carbons (Fsp3) is 0.200. The van der Waals surface area contributed by atoms with E-state index >= 15 is 0 Å². The highest BCUT2D eigenvalue weighted by Crippen LogP contribution is 2.33. The molecule has 0 saturated carbocycles. The third-order valence-corrected chi connectivity index (χ3v) is 3.76. The highest BCUT2D eigenvalue weighted by atomic mass is 14.2. The van der Waals surface area contributed by atoms with Crippen molar-refractivity contribution in [2.24, 2.45) is 0 Å². The molecule has 0 spiro atoms. The van der Waals surface area contributed by atoms with E-state index < -0.39 is 0 Å². The minimum absolute atomic E-state index is 0.473. The van der Waals surface area contributed by atoms with Gasteiger partial charge in [-0.25, -0.2) is 0 Å². The van der Waals surface area contributed by atoms with Crippen molar-refractivity contribution in [3.05, 3.63) is 83.4 Å². The van der Waals surface area contributed by atoms with Crippen molar-refractivity contribution in [1.82, 2.24) is 0 Å². The molecule has 2 aromatic carbocycles. The molecule has 20 heavy (non-hydrogen) atoms. The second-order valence-electron chi connectivity index (χ2n) is 5.17. The number of hydrogen-bond donors (Lipinski definition) is 0. The number of rotatable bonds is 1. The Hall–Kier alpha value is -2.26. The summed E-state index contributed by atoms with van der Waals surface area (Å²) in [6.45, 7) is 0. The third-order valence-electron chi connectivity index (χ3n) is 3.76. The first-order valence-electron chi connectivity index (χ1n) is 7.25. The first-order chi connectivity index (χ1) is 9.93. The van der Waals surface area contributed by atoms with Gasteiger partial charge in [-0.15, -0.1) is 0 Å². The molecule has 98 valence electrons. The Morgan fingerprint density at radius 3 is 2.25 bits per heavy atom. The lowest BCUT2D eigenvalue weighted by atomic mass is 9.83. The fourth-order valence-electron chi connectivity index (χ4n) is 2.71. The third kappa shape index (κ3) is 3.00. The second kappa shape index (κ2) is 6.26. The van der Waals surface area contributed by atoms with Crippen molar-refractivity contribution in [1.29, 1.82) is 0 Å². The molecule has 1 unspecified atom stereocenters. The Labute approximate surface area is 121 Å². The maximum Gasteiger partial charge on any atom is 0.0248 e. The second-order valence-corrected chi connectivity index (χ2v) is 5.17. The molecule has 0 aromatic heterocycles. The molecule has 2 aromatic rings.